The topological polar surface area (TPSA) is 27.1 Å². The van der Waals surface area contributed by atoms with E-state index in [1.807, 2.05) is 19.0 Å². The van der Waals surface area contributed by atoms with Crippen LogP contribution >= 0.6 is 0 Å². The third-order valence-electron chi connectivity index (χ3n) is 2.75. The molecule has 0 atom stereocenters. The van der Waals surface area contributed by atoms with E-state index in [9.17, 15) is 0 Å². The first kappa shape index (κ1) is 9.56. The summed E-state index contributed by atoms with van der Waals surface area (Å²) in [5.74, 6) is 1.59. The number of hydrogen-bond acceptors (Lipinski definition) is 1. The van der Waals surface area contributed by atoms with Crippen molar-refractivity contribution in [2.75, 3.05) is 14.1 Å². The zero-order chi connectivity index (χ0) is 8.97. The van der Waals surface area contributed by atoms with Gasteiger partial charge in [-0.05, 0) is 5.92 Å². The molecule has 0 amide bonds. The van der Waals surface area contributed by atoms with Gasteiger partial charge in [-0.1, -0.05) is 32.1 Å². The molecule has 0 aliphatic heterocycles. The van der Waals surface area contributed by atoms with Gasteiger partial charge in [-0.15, -0.1) is 0 Å². The van der Waals surface area contributed by atoms with Crippen LogP contribution in [-0.2, 0) is 0 Å². The van der Waals surface area contributed by atoms with Gasteiger partial charge in [0.1, 0.15) is 0 Å². The summed E-state index contributed by atoms with van der Waals surface area (Å²) in [7, 11) is 3.93. The molecule has 0 aromatic carbocycles. The van der Waals surface area contributed by atoms with Gasteiger partial charge in [0.25, 0.3) is 0 Å². The van der Waals surface area contributed by atoms with Crippen LogP contribution in [0.4, 0.5) is 0 Å². The molecule has 1 rings (SSSR count). The molecule has 1 aliphatic rings. The smallest absolute Gasteiger partial charge is 0.0955 e. The van der Waals surface area contributed by atoms with Gasteiger partial charge in [0.2, 0.25) is 0 Å². The molecule has 0 heterocycles. The third kappa shape index (κ3) is 2.84. The van der Waals surface area contributed by atoms with Crippen molar-refractivity contribution in [3.05, 3.63) is 0 Å². The maximum atomic E-state index is 7.71. The first-order valence-electron chi connectivity index (χ1n) is 4.95. The van der Waals surface area contributed by atoms with Crippen LogP contribution in [0.15, 0.2) is 0 Å². The molecule has 0 unspecified atom stereocenters. The molecule has 0 aromatic rings. The summed E-state index contributed by atoms with van der Waals surface area (Å²) in [6, 6.07) is 0. The van der Waals surface area contributed by atoms with Gasteiger partial charge in [0.15, 0.2) is 0 Å². The second-order valence-corrected chi connectivity index (χ2v) is 4.05. The highest BCUT2D eigenvalue weighted by molar-refractivity contribution is 5.78. The number of nitrogens with one attached hydrogen (secondary N) is 1. The lowest BCUT2D eigenvalue weighted by Crippen LogP contribution is -2.24. The second kappa shape index (κ2) is 4.48. The average Bonchev–Trinajstić information content (AvgIpc) is 2.06. The highest BCUT2D eigenvalue weighted by atomic mass is 15.1. The van der Waals surface area contributed by atoms with Gasteiger partial charge < -0.3 is 4.90 Å². The highest BCUT2D eigenvalue weighted by Crippen LogP contribution is 2.26. The quantitative estimate of drug-likeness (QED) is 0.498. The molecule has 70 valence electrons. The first-order chi connectivity index (χ1) is 5.70. The predicted octanol–water partition coefficient (Wildman–Crippen LogP) is 2.50. The number of nitrogens with zero attached hydrogens (tertiary/aromatic N) is 1. The lowest BCUT2D eigenvalue weighted by molar-refractivity contribution is 0.359. The molecule has 0 bridgehead atoms. The van der Waals surface area contributed by atoms with E-state index in [1.54, 1.807) is 0 Å². The van der Waals surface area contributed by atoms with Gasteiger partial charge >= 0.3 is 0 Å². The van der Waals surface area contributed by atoms with Crippen molar-refractivity contribution in [3.63, 3.8) is 0 Å². The maximum absolute atomic E-state index is 7.71. The number of rotatable bonds is 2. The zero-order valence-electron chi connectivity index (χ0n) is 8.27. The predicted molar refractivity (Wildman–Crippen MR) is 52.6 cm³/mol. The molecule has 1 aliphatic carbocycles. The standard InChI is InChI=1S/C10H20N2/c1-12(2)10(11)8-9-6-4-3-5-7-9/h9,11H,3-8H2,1-2H3. The van der Waals surface area contributed by atoms with Crippen LogP contribution in [0.3, 0.4) is 0 Å². The van der Waals surface area contributed by atoms with Crippen LogP contribution in [0, 0.1) is 11.3 Å². The van der Waals surface area contributed by atoms with E-state index in [-0.39, 0.29) is 0 Å². The fourth-order valence-electron chi connectivity index (χ4n) is 1.85. The monoisotopic (exact) mass is 168 g/mol. The SMILES string of the molecule is CN(C)C(=N)CC1CCCCC1. The Bertz CT molecular complexity index is 146. The van der Waals surface area contributed by atoms with Crippen molar-refractivity contribution in [3.8, 4) is 0 Å². The van der Waals surface area contributed by atoms with Gasteiger partial charge in [-0.3, -0.25) is 5.41 Å². The Morgan fingerprint density at radius 2 is 1.83 bits per heavy atom. The third-order valence-corrected chi connectivity index (χ3v) is 2.75. The molecular formula is C10H20N2. The summed E-state index contributed by atoms with van der Waals surface area (Å²) in [4.78, 5) is 1.93. The molecular weight excluding hydrogens is 148 g/mol. The molecule has 0 saturated heterocycles. The molecule has 2 nitrogen and oxygen atoms in total. The molecule has 2 heteroatoms. The Hall–Kier alpha value is -0.530. The van der Waals surface area contributed by atoms with E-state index >= 15 is 0 Å². The maximum Gasteiger partial charge on any atom is 0.0955 e. The Morgan fingerprint density at radius 1 is 1.25 bits per heavy atom. The van der Waals surface area contributed by atoms with E-state index in [0.717, 1.165) is 18.2 Å². The summed E-state index contributed by atoms with van der Waals surface area (Å²) in [6.45, 7) is 0. The van der Waals surface area contributed by atoms with Crippen molar-refractivity contribution in [2.45, 2.75) is 38.5 Å². The molecule has 1 fully saturated rings. The van der Waals surface area contributed by atoms with E-state index < -0.39 is 0 Å². The van der Waals surface area contributed by atoms with Gasteiger partial charge in [0.05, 0.1) is 5.84 Å². The molecule has 1 saturated carbocycles. The molecule has 1 N–H and O–H groups in total. The fourth-order valence-corrected chi connectivity index (χ4v) is 1.85. The van der Waals surface area contributed by atoms with E-state index in [0.29, 0.717) is 0 Å². The van der Waals surface area contributed by atoms with Crippen molar-refractivity contribution in [2.24, 2.45) is 5.92 Å². The minimum Gasteiger partial charge on any atom is -0.367 e. The van der Waals surface area contributed by atoms with Crippen LogP contribution in [0.25, 0.3) is 0 Å². The van der Waals surface area contributed by atoms with Gasteiger partial charge in [-0.2, -0.15) is 0 Å². The minimum absolute atomic E-state index is 0.793. The highest BCUT2D eigenvalue weighted by Gasteiger charge is 2.15. The van der Waals surface area contributed by atoms with E-state index in [2.05, 4.69) is 0 Å². The van der Waals surface area contributed by atoms with Crippen molar-refractivity contribution in [1.82, 2.24) is 4.90 Å². The van der Waals surface area contributed by atoms with Crippen LogP contribution in [-0.4, -0.2) is 24.8 Å². The number of amidine groups is 1. The van der Waals surface area contributed by atoms with Gasteiger partial charge in [0, 0.05) is 20.5 Å². The Kier molecular flexibility index (Phi) is 3.57. The summed E-state index contributed by atoms with van der Waals surface area (Å²) in [5.41, 5.74) is 0. The van der Waals surface area contributed by atoms with E-state index in [4.69, 9.17) is 5.41 Å². The average molecular weight is 168 g/mol. The van der Waals surface area contributed by atoms with Crippen LogP contribution < -0.4 is 0 Å². The lowest BCUT2D eigenvalue weighted by Gasteiger charge is -2.24. The normalized spacial score (nSPS) is 19.2. The van der Waals surface area contributed by atoms with Crippen molar-refractivity contribution < 1.29 is 0 Å². The van der Waals surface area contributed by atoms with Crippen LogP contribution in [0.1, 0.15) is 38.5 Å². The lowest BCUT2D eigenvalue weighted by atomic mass is 9.86. The molecule has 0 spiro atoms. The van der Waals surface area contributed by atoms with Crippen LogP contribution in [0.2, 0.25) is 0 Å². The molecule has 0 radical (unpaired) electrons. The zero-order valence-corrected chi connectivity index (χ0v) is 8.27. The fraction of sp³-hybridized carbons (Fsp3) is 0.900. The van der Waals surface area contributed by atoms with Gasteiger partial charge in [-0.25, -0.2) is 0 Å². The van der Waals surface area contributed by atoms with Crippen molar-refractivity contribution in [1.29, 1.82) is 5.41 Å². The Labute approximate surface area is 75.5 Å². The summed E-state index contributed by atoms with van der Waals surface area (Å²) >= 11 is 0. The Morgan fingerprint density at radius 3 is 2.33 bits per heavy atom. The summed E-state index contributed by atoms with van der Waals surface area (Å²) in [5, 5.41) is 7.71. The second-order valence-electron chi connectivity index (χ2n) is 4.05. The molecule has 12 heavy (non-hydrogen) atoms. The Balaban J connectivity index is 2.24. The molecule has 0 aromatic heterocycles. The summed E-state index contributed by atoms with van der Waals surface area (Å²) in [6.07, 6.45) is 7.85. The van der Waals surface area contributed by atoms with Crippen LogP contribution in [0.5, 0.6) is 0 Å². The first-order valence-corrected chi connectivity index (χ1v) is 4.95. The summed E-state index contributed by atoms with van der Waals surface area (Å²) < 4.78 is 0. The number of hydrogen-bond donors (Lipinski definition) is 1. The van der Waals surface area contributed by atoms with Crippen molar-refractivity contribution >= 4 is 5.84 Å². The largest absolute Gasteiger partial charge is 0.367 e. The minimum atomic E-state index is 0.793. The van der Waals surface area contributed by atoms with E-state index in [1.165, 1.54) is 32.1 Å².